The molecule has 0 aliphatic heterocycles. The molecule has 0 saturated heterocycles. The molecule has 0 aliphatic rings. The van der Waals surface area contributed by atoms with Crippen molar-refractivity contribution >= 4 is 0 Å². The summed E-state index contributed by atoms with van der Waals surface area (Å²) in [4.78, 5) is 0. The van der Waals surface area contributed by atoms with Gasteiger partial charge in [0, 0.05) is 32.7 Å². The monoisotopic (exact) mass is 165 g/mol. The maximum absolute atomic E-state index is 2.00. The second-order valence-corrected chi connectivity index (χ2v) is 0. The van der Waals surface area contributed by atoms with Crippen LogP contribution in [0.1, 0.15) is 35.1 Å². The molecule has 6 heavy (non-hydrogen) atoms. The third-order valence-corrected chi connectivity index (χ3v) is 0. The average molecular weight is 165 g/mol. The van der Waals surface area contributed by atoms with Crippen molar-refractivity contribution in [3.05, 3.63) is 0 Å². The average Bonchev–Trinajstić information content (AvgIpc) is 1.50. The molecule has 0 spiro atoms. The zero-order valence-electron chi connectivity index (χ0n) is 4.58. The Hall–Kier alpha value is 1.10. The summed E-state index contributed by atoms with van der Waals surface area (Å²) in [5.74, 6) is 0. The summed E-state index contributed by atoms with van der Waals surface area (Å²) in [7, 11) is 0. The molecule has 39 valence electrons. The summed E-state index contributed by atoms with van der Waals surface area (Å²) in [6.07, 6.45) is 0. The first-order valence-corrected chi connectivity index (χ1v) is 2.00. The van der Waals surface area contributed by atoms with Crippen molar-refractivity contribution in [3.63, 3.8) is 0 Å². The van der Waals surface area contributed by atoms with E-state index >= 15 is 0 Å². The van der Waals surface area contributed by atoms with Crippen molar-refractivity contribution in [3.8, 4) is 0 Å². The van der Waals surface area contributed by atoms with E-state index in [1.165, 1.54) is 0 Å². The van der Waals surface area contributed by atoms with Crippen molar-refractivity contribution in [2.45, 2.75) is 35.1 Å². The van der Waals surface area contributed by atoms with Gasteiger partial charge in [0.2, 0.25) is 0 Å². The summed E-state index contributed by atoms with van der Waals surface area (Å²) in [5.41, 5.74) is 0. The first-order chi connectivity index (χ1) is 2.00. The fourth-order valence-corrected chi connectivity index (χ4v) is 0. The summed E-state index contributed by atoms with van der Waals surface area (Å²) in [5, 5.41) is 0. The molecule has 0 N–H and O–H groups in total. The van der Waals surface area contributed by atoms with Crippen molar-refractivity contribution in [2.75, 3.05) is 0 Å². The molecule has 0 aliphatic carbocycles. The first kappa shape index (κ1) is 27.5. The van der Waals surface area contributed by atoms with E-state index in [4.69, 9.17) is 0 Å². The third kappa shape index (κ3) is 70.5. The second kappa shape index (κ2) is 130. The molecule has 0 atom stereocenters. The van der Waals surface area contributed by atoms with Crippen LogP contribution in [0.15, 0.2) is 0 Å². The number of hydrogen-bond donors (Lipinski definition) is 0. The minimum Gasteiger partial charge on any atom is -0.0776 e. The van der Waals surface area contributed by atoms with Gasteiger partial charge in [0.1, 0.15) is 0 Å². The van der Waals surface area contributed by atoms with Crippen LogP contribution in [0, 0.1) is 0 Å². The molecule has 0 unspecified atom stereocenters. The molecule has 0 bridgehead atoms. The molecule has 0 nitrogen and oxygen atoms in total. The molecule has 0 aromatic carbocycles. The molecule has 0 rings (SSSR count). The summed E-state index contributed by atoms with van der Waals surface area (Å²) in [6, 6.07) is 0. The summed E-state index contributed by atoms with van der Waals surface area (Å²) < 4.78 is 0. The molecule has 0 aromatic heterocycles. The minimum absolute atomic E-state index is 0. The Labute approximate surface area is 67.6 Å². The van der Waals surface area contributed by atoms with Crippen LogP contribution in [0.4, 0.5) is 0 Å². The molecule has 0 amide bonds. The SMILES string of the molecule is C.CC.CC.[Y]. The van der Waals surface area contributed by atoms with Gasteiger partial charge >= 0.3 is 0 Å². The Morgan fingerprint density at radius 2 is 0.667 bits per heavy atom. The van der Waals surface area contributed by atoms with E-state index in [2.05, 4.69) is 0 Å². The van der Waals surface area contributed by atoms with Crippen LogP contribution < -0.4 is 0 Å². The van der Waals surface area contributed by atoms with Gasteiger partial charge in [0.05, 0.1) is 0 Å². The molecule has 0 fully saturated rings. The van der Waals surface area contributed by atoms with Gasteiger partial charge in [-0.25, -0.2) is 0 Å². The van der Waals surface area contributed by atoms with Crippen molar-refractivity contribution in [2.24, 2.45) is 0 Å². The first-order valence-electron chi connectivity index (χ1n) is 2.00. The summed E-state index contributed by atoms with van der Waals surface area (Å²) in [6.45, 7) is 8.00. The van der Waals surface area contributed by atoms with Crippen LogP contribution in [0.3, 0.4) is 0 Å². The number of hydrogen-bond acceptors (Lipinski definition) is 0. The van der Waals surface area contributed by atoms with Crippen LogP contribution in [-0.2, 0) is 32.7 Å². The van der Waals surface area contributed by atoms with E-state index in [-0.39, 0.29) is 40.1 Å². The molecule has 0 heterocycles. The van der Waals surface area contributed by atoms with Crippen LogP contribution >= 0.6 is 0 Å². The zero-order valence-corrected chi connectivity index (χ0v) is 7.42. The minimum atomic E-state index is 0. The normalized spacial score (nSPS) is 2.00. The molecule has 0 aromatic rings. The number of rotatable bonds is 0. The Morgan fingerprint density at radius 1 is 0.667 bits per heavy atom. The van der Waals surface area contributed by atoms with Gasteiger partial charge in [-0.2, -0.15) is 0 Å². The zero-order chi connectivity index (χ0) is 4.00. The third-order valence-electron chi connectivity index (χ3n) is 0. The predicted octanol–water partition coefficient (Wildman–Crippen LogP) is 2.69. The second-order valence-electron chi connectivity index (χ2n) is 0. The molecular weight excluding hydrogens is 149 g/mol. The molecule has 1 radical (unpaired) electrons. The largest absolute Gasteiger partial charge is 0.0776 e. The van der Waals surface area contributed by atoms with Gasteiger partial charge in [0.25, 0.3) is 0 Å². The fraction of sp³-hybridized carbons (Fsp3) is 1.00. The van der Waals surface area contributed by atoms with Gasteiger partial charge in [-0.1, -0.05) is 35.1 Å². The Morgan fingerprint density at radius 3 is 0.667 bits per heavy atom. The smallest absolute Gasteiger partial charge is 0 e. The van der Waals surface area contributed by atoms with Gasteiger partial charge in [-0.05, 0) is 0 Å². The maximum Gasteiger partial charge on any atom is 0 e. The Bertz CT molecular complexity index is 3.90. The molecule has 1 heteroatoms. The van der Waals surface area contributed by atoms with Crippen LogP contribution in [0.2, 0.25) is 0 Å². The molecular formula is C5H16Y. The predicted molar refractivity (Wildman–Crippen MR) is 29.4 cm³/mol. The van der Waals surface area contributed by atoms with Gasteiger partial charge in [0.15, 0.2) is 0 Å². The topological polar surface area (TPSA) is 0 Å². The van der Waals surface area contributed by atoms with Gasteiger partial charge < -0.3 is 0 Å². The van der Waals surface area contributed by atoms with E-state index in [1.54, 1.807) is 0 Å². The van der Waals surface area contributed by atoms with E-state index in [0.717, 1.165) is 0 Å². The van der Waals surface area contributed by atoms with E-state index < -0.39 is 0 Å². The molecule has 0 saturated carbocycles. The quantitative estimate of drug-likeness (QED) is 0.517. The van der Waals surface area contributed by atoms with Gasteiger partial charge in [-0.3, -0.25) is 0 Å². The van der Waals surface area contributed by atoms with Crippen LogP contribution in [0.25, 0.3) is 0 Å². The van der Waals surface area contributed by atoms with Crippen molar-refractivity contribution in [1.29, 1.82) is 0 Å². The fourth-order valence-electron chi connectivity index (χ4n) is 0. The van der Waals surface area contributed by atoms with E-state index in [9.17, 15) is 0 Å². The van der Waals surface area contributed by atoms with E-state index in [0.29, 0.717) is 0 Å². The van der Waals surface area contributed by atoms with Crippen LogP contribution in [-0.4, -0.2) is 0 Å². The Kier molecular flexibility index (Phi) is 597. The maximum atomic E-state index is 2.00. The Balaban J connectivity index is -0.00000000500. The van der Waals surface area contributed by atoms with Crippen molar-refractivity contribution in [1.82, 2.24) is 0 Å². The van der Waals surface area contributed by atoms with Crippen LogP contribution in [0.5, 0.6) is 0 Å². The van der Waals surface area contributed by atoms with E-state index in [1.807, 2.05) is 27.7 Å². The summed E-state index contributed by atoms with van der Waals surface area (Å²) >= 11 is 0. The van der Waals surface area contributed by atoms with Gasteiger partial charge in [-0.15, -0.1) is 0 Å². The standard InChI is InChI=1S/2C2H6.CH4.Y/c2*1-2;;/h2*1-2H3;1H4;. The van der Waals surface area contributed by atoms with Crippen molar-refractivity contribution < 1.29 is 32.7 Å².